The first kappa shape index (κ1) is 15.8. The number of aromatic nitrogens is 4. The predicted octanol–water partition coefficient (Wildman–Crippen LogP) is 3.15. The lowest BCUT2D eigenvalue weighted by molar-refractivity contribution is 0.475. The minimum atomic E-state index is 0.196. The summed E-state index contributed by atoms with van der Waals surface area (Å²) >= 11 is 1.79. The van der Waals surface area contributed by atoms with E-state index in [4.69, 9.17) is 0 Å². The summed E-state index contributed by atoms with van der Waals surface area (Å²) in [6, 6.07) is 8.76. The fourth-order valence-electron chi connectivity index (χ4n) is 2.66. The summed E-state index contributed by atoms with van der Waals surface area (Å²) < 4.78 is 2.18. The summed E-state index contributed by atoms with van der Waals surface area (Å²) in [5.41, 5.74) is 2.59. The van der Waals surface area contributed by atoms with Crippen molar-refractivity contribution in [3.05, 3.63) is 47.9 Å². The van der Waals surface area contributed by atoms with Gasteiger partial charge in [0.15, 0.2) is 5.16 Å². The third-order valence-electron chi connectivity index (χ3n) is 3.76. The number of phenols is 1. The Balaban J connectivity index is 1.47. The van der Waals surface area contributed by atoms with E-state index >= 15 is 0 Å². The van der Waals surface area contributed by atoms with Gasteiger partial charge in [-0.1, -0.05) is 17.8 Å². The van der Waals surface area contributed by atoms with E-state index in [1.165, 1.54) is 0 Å². The van der Waals surface area contributed by atoms with Gasteiger partial charge < -0.3 is 20.3 Å². The standard InChI is InChI=1S/C17H18N6OS/c1-11-7-15(18-9-13-10-23-5-6-25-17(23)21-13)22-16(19-11)20-12-3-2-4-14(24)8-12/h2-4,7-8,10,24H,5-6,9H2,1H3,(H2,18,19,20,22). The Kier molecular flexibility index (Phi) is 4.19. The molecule has 0 unspecified atom stereocenters. The van der Waals surface area contributed by atoms with Crippen LogP contribution in [0.5, 0.6) is 5.75 Å². The minimum Gasteiger partial charge on any atom is -0.508 e. The first-order chi connectivity index (χ1) is 12.2. The van der Waals surface area contributed by atoms with Gasteiger partial charge in [0, 0.05) is 42.0 Å². The van der Waals surface area contributed by atoms with Crippen molar-refractivity contribution in [3.8, 4) is 5.75 Å². The molecular weight excluding hydrogens is 336 g/mol. The van der Waals surface area contributed by atoms with Crippen molar-refractivity contribution >= 4 is 29.2 Å². The van der Waals surface area contributed by atoms with Crippen LogP contribution in [0.3, 0.4) is 0 Å². The molecule has 0 aliphatic carbocycles. The van der Waals surface area contributed by atoms with E-state index in [9.17, 15) is 5.11 Å². The van der Waals surface area contributed by atoms with Gasteiger partial charge in [-0.3, -0.25) is 0 Å². The van der Waals surface area contributed by atoms with E-state index in [0.717, 1.165) is 40.3 Å². The number of thioether (sulfide) groups is 1. The zero-order valence-electron chi connectivity index (χ0n) is 13.7. The van der Waals surface area contributed by atoms with Crippen molar-refractivity contribution in [3.63, 3.8) is 0 Å². The molecule has 3 aromatic rings. The molecule has 0 atom stereocenters. The van der Waals surface area contributed by atoms with Crippen LogP contribution < -0.4 is 10.6 Å². The van der Waals surface area contributed by atoms with Crippen LogP contribution in [0.4, 0.5) is 17.5 Å². The Hall–Kier alpha value is -2.74. The second-order valence-electron chi connectivity index (χ2n) is 5.80. The van der Waals surface area contributed by atoms with Crippen LogP contribution in [0.1, 0.15) is 11.4 Å². The smallest absolute Gasteiger partial charge is 0.229 e. The number of phenolic OH excluding ortho intramolecular Hbond substituents is 1. The summed E-state index contributed by atoms with van der Waals surface area (Å²) in [6.45, 7) is 3.56. The lowest BCUT2D eigenvalue weighted by atomic mass is 10.3. The van der Waals surface area contributed by atoms with Crippen molar-refractivity contribution in [1.82, 2.24) is 19.5 Å². The third-order valence-corrected chi connectivity index (χ3v) is 4.73. The molecular formula is C17H18N6OS. The topological polar surface area (TPSA) is 87.9 Å². The monoisotopic (exact) mass is 354 g/mol. The Labute approximate surface area is 149 Å². The number of imidazole rings is 1. The number of nitrogens with zero attached hydrogens (tertiary/aromatic N) is 4. The number of hydrogen-bond acceptors (Lipinski definition) is 7. The van der Waals surface area contributed by atoms with Gasteiger partial charge in [-0.2, -0.15) is 4.98 Å². The maximum Gasteiger partial charge on any atom is 0.229 e. The molecule has 7 nitrogen and oxygen atoms in total. The van der Waals surface area contributed by atoms with Crippen LogP contribution in [-0.2, 0) is 13.1 Å². The number of fused-ring (bicyclic) bond motifs is 1. The summed E-state index contributed by atoms with van der Waals surface area (Å²) in [5.74, 6) is 2.51. The first-order valence-corrected chi connectivity index (χ1v) is 8.99. The Morgan fingerprint density at radius 2 is 2.16 bits per heavy atom. The second kappa shape index (κ2) is 6.64. The molecule has 1 aliphatic heterocycles. The van der Waals surface area contributed by atoms with Gasteiger partial charge >= 0.3 is 0 Å². The average molecular weight is 354 g/mol. The molecule has 0 spiro atoms. The van der Waals surface area contributed by atoms with Crippen molar-refractivity contribution in [2.24, 2.45) is 0 Å². The molecule has 25 heavy (non-hydrogen) atoms. The van der Waals surface area contributed by atoms with Gasteiger partial charge in [-0.25, -0.2) is 9.97 Å². The Bertz CT molecular complexity index is 888. The molecule has 0 saturated heterocycles. The molecule has 0 bridgehead atoms. The second-order valence-corrected chi connectivity index (χ2v) is 6.87. The Morgan fingerprint density at radius 1 is 1.24 bits per heavy atom. The number of anilines is 3. The number of rotatable bonds is 5. The average Bonchev–Trinajstić information content (AvgIpc) is 3.14. The molecule has 0 amide bonds. The van der Waals surface area contributed by atoms with Crippen molar-refractivity contribution in [2.45, 2.75) is 25.2 Å². The van der Waals surface area contributed by atoms with E-state index in [1.807, 2.05) is 19.1 Å². The summed E-state index contributed by atoms with van der Waals surface area (Å²) in [7, 11) is 0. The van der Waals surface area contributed by atoms with Crippen LogP contribution in [0.15, 0.2) is 41.7 Å². The van der Waals surface area contributed by atoms with Crippen molar-refractivity contribution in [2.75, 3.05) is 16.4 Å². The fourth-order valence-corrected chi connectivity index (χ4v) is 3.62. The fraction of sp³-hybridized carbons (Fsp3) is 0.235. The maximum atomic E-state index is 9.56. The molecule has 1 aliphatic rings. The Morgan fingerprint density at radius 3 is 3.00 bits per heavy atom. The number of aromatic hydroxyl groups is 1. The first-order valence-electron chi connectivity index (χ1n) is 8.00. The van der Waals surface area contributed by atoms with E-state index in [0.29, 0.717) is 12.5 Å². The van der Waals surface area contributed by atoms with Crippen LogP contribution in [0.2, 0.25) is 0 Å². The molecule has 8 heteroatoms. The number of nitrogens with one attached hydrogen (secondary N) is 2. The zero-order valence-corrected chi connectivity index (χ0v) is 14.5. The lowest BCUT2D eigenvalue weighted by Gasteiger charge is -2.09. The summed E-state index contributed by atoms with van der Waals surface area (Å²) in [6.07, 6.45) is 2.09. The molecule has 0 radical (unpaired) electrons. The number of hydrogen-bond donors (Lipinski definition) is 3. The highest BCUT2D eigenvalue weighted by atomic mass is 32.2. The predicted molar refractivity (Wildman–Crippen MR) is 98.4 cm³/mol. The van der Waals surface area contributed by atoms with Gasteiger partial charge in [0.1, 0.15) is 11.6 Å². The molecule has 2 aromatic heterocycles. The largest absolute Gasteiger partial charge is 0.508 e. The molecule has 4 rings (SSSR count). The van der Waals surface area contributed by atoms with Gasteiger partial charge in [-0.15, -0.1) is 0 Å². The van der Waals surface area contributed by atoms with Crippen molar-refractivity contribution in [1.29, 1.82) is 0 Å². The van der Waals surface area contributed by atoms with Crippen molar-refractivity contribution < 1.29 is 5.11 Å². The number of aryl methyl sites for hydroxylation is 2. The van der Waals surface area contributed by atoms with Crippen LogP contribution in [0.25, 0.3) is 0 Å². The molecule has 0 saturated carbocycles. The summed E-state index contributed by atoms with van der Waals surface area (Å²) in [4.78, 5) is 13.5. The molecule has 1 aromatic carbocycles. The SMILES string of the molecule is Cc1cc(NCc2cn3c(n2)SCC3)nc(Nc2cccc(O)c2)n1. The zero-order chi connectivity index (χ0) is 17.2. The molecule has 3 heterocycles. The highest BCUT2D eigenvalue weighted by Gasteiger charge is 2.14. The van der Waals surface area contributed by atoms with Gasteiger partial charge in [0.25, 0.3) is 0 Å². The summed E-state index contributed by atoms with van der Waals surface area (Å²) in [5, 5.41) is 17.1. The van der Waals surface area contributed by atoms with Crippen LogP contribution in [-0.4, -0.2) is 30.4 Å². The highest BCUT2D eigenvalue weighted by Crippen LogP contribution is 2.25. The molecule has 128 valence electrons. The van der Waals surface area contributed by atoms with E-state index in [2.05, 4.69) is 36.3 Å². The van der Waals surface area contributed by atoms with E-state index < -0.39 is 0 Å². The molecule has 0 fully saturated rings. The van der Waals surface area contributed by atoms with Crippen LogP contribution >= 0.6 is 11.8 Å². The van der Waals surface area contributed by atoms with E-state index in [1.54, 1.807) is 30.0 Å². The maximum absolute atomic E-state index is 9.56. The van der Waals surface area contributed by atoms with Gasteiger partial charge in [0.2, 0.25) is 5.95 Å². The highest BCUT2D eigenvalue weighted by molar-refractivity contribution is 7.99. The van der Waals surface area contributed by atoms with Gasteiger partial charge in [0.05, 0.1) is 12.2 Å². The van der Waals surface area contributed by atoms with Crippen LogP contribution in [0, 0.1) is 6.92 Å². The van der Waals surface area contributed by atoms with Gasteiger partial charge in [-0.05, 0) is 19.1 Å². The lowest BCUT2D eigenvalue weighted by Crippen LogP contribution is -2.06. The third kappa shape index (κ3) is 3.69. The van der Waals surface area contributed by atoms with E-state index in [-0.39, 0.29) is 5.75 Å². The normalized spacial score (nSPS) is 12.8. The minimum absolute atomic E-state index is 0.196. The quantitative estimate of drug-likeness (QED) is 0.649. The molecule has 3 N–H and O–H groups in total. The number of benzene rings is 1.